The zero-order valence-electron chi connectivity index (χ0n) is 18.3. The Bertz CT molecular complexity index is 1030. The Labute approximate surface area is 187 Å². The van der Waals surface area contributed by atoms with Gasteiger partial charge in [0, 0.05) is 29.8 Å². The third-order valence-electron chi connectivity index (χ3n) is 5.96. The predicted octanol–water partition coefficient (Wildman–Crippen LogP) is 5.43. The molecule has 1 aliphatic carbocycles. The lowest BCUT2D eigenvalue weighted by Gasteiger charge is -2.26. The van der Waals surface area contributed by atoms with Crippen molar-refractivity contribution in [2.24, 2.45) is 0 Å². The summed E-state index contributed by atoms with van der Waals surface area (Å²) in [4.78, 5) is 17.7. The van der Waals surface area contributed by atoms with E-state index in [0.717, 1.165) is 46.2 Å². The van der Waals surface area contributed by atoms with Crippen molar-refractivity contribution in [1.82, 2.24) is 14.9 Å². The fraction of sp³-hybridized carbons (Fsp3) is 0.417. The van der Waals surface area contributed by atoms with Crippen LogP contribution in [0.5, 0.6) is 5.75 Å². The molecule has 0 saturated heterocycles. The molecular formula is C24H29N3O3S. The van der Waals surface area contributed by atoms with Gasteiger partial charge in [-0.1, -0.05) is 19.3 Å². The molecule has 1 amide bonds. The molecule has 1 fully saturated rings. The van der Waals surface area contributed by atoms with Gasteiger partial charge in [0.15, 0.2) is 0 Å². The molecule has 164 valence electrons. The zero-order valence-corrected chi connectivity index (χ0v) is 19.1. The lowest BCUT2D eigenvalue weighted by Crippen LogP contribution is -2.26. The second-order valence-electron chi connectivity index (χ2n) is 7.90. The molecule has 0 bridgehead atoms. The Morgan fingerprint density at radius 3 is 2.61 bits per heavy atom. The molecule has 0 atom stereocenters. The minimum absolute atomic E-state index is 0.110. The number of rotatable bonds is 7. The van der Waals surface area contributed by atoms with Gasteiger partial charge in [0.2, 0.25) is 0 Å². The molecule has 31 heavy (non-hydrogen) atoms. The summed E-state index contributed by atoms with van der Waals surface area (Å²) in [7, 11) is 3.24. The Balaban J connectivity index is 1.72. The van der Waals surface area contributed by atoms with Crippen molar-refractivity contribution < 1.29 is 14.3 Å². The van der Waals surface area contributed by atoms with Gasteiger partial charge in [0.1, 0.15) is 17.5 Å². The fourth-order valence-electron chi connectivity index (χ4n) is 4.35. The molecule has 0 unspecified atom stereocenters. The van der Waals surface area contributed by atoms with Crippen LogP contribution in [0.15, 0.2) is 35.7 Å². The number of carbonyl (C=O) groups excluding carboxylic acids is 1. The third kappa shape index (κ3) is 4.52. The number of benzene rings is 1. The van der Waals surface area contributed by atoms with E-state index in [1.165, 1.54) is 19.3 Å². The molecule has 0 radical (unpaired) electrons. The molecule has 0 spiro atoms. The Morgan fingerprint density at radius 2 is 1.94 bits per heavy atom. The second-order valence-corrected chi connectivity index (χ2v) is 8.75. The van der Waals surface area contributed by atoms with Gasteiger partial charge in [0.25, 0.3) is 5.91 Å². The van der Waals surface area contributed by atoms with Crippen molar-refractivity contribution in [1.29, 1.82) is 0 Å². The minimum atomic E-state index is -0.110. The Kier molecular flexibility index (Phi) is 6.73. The minimum Gasteiger partial charge on any atom is -0.497 e. The fourth-order valence-corrected chi connectivity index (χ4v) is 5.17. The highest BCUT2D eigenvalue weighted by Crippen LogP contribution is 2.38. The number of ether oxygens (including phenoxy) is 2. The number of aromatic nitrogens is 2. The SMILES string of the molecule is COCNC(=O)c1cc(-c2csc(-c3ccc(OC)cc3)n2)n(C2CCCCC2)c1C. The first-order valence-electron chi connectivity index (χ1n) is 10.7. The van der Waals surface area contributed by atoms with Crippen molar-refractivity contribution in [2.45, 2.75) is 45.1 Å². The van der Waals surface area contributed by atoms with Gasteiger partial charge in [0.05, 0.1) is 24.1 Å². The van der Waals surface area contributed by atoms with Crippen LogP contribution in [0.1, 0.15) is 54.2 Å². The van der Waals surface area contributed by atoms with Crippen LogP contribution >= 0.6 is 11.3 Å². The molecule has 1 aliphatic rings. The lowest BCUT2D eigenvalue weighted by atomic mass is 9.95. The largest absolute Gasteiger partial charge is 0.497 e. The van der Waals surface area contributed by atoms with Crippen molar-refractivity contribution in [2.75, 3.05) is 21.0 Å². The maximum absolute atomic E-state index is 12.8. The number of nitrogens with zero attached hydrogens (tertiary/aromatic N) is 2. The maximum Gasteiger partial charge on any atom is 0.254 e. The first-order valence-corrected chi connectivity index (χ1v) is 11.6. The van der Waals surface area contributed by atoms with Gasteiger partial charge in [-0.2, -0.15) is 0 Å². The topological polar surface area (TPSA) is 65.4 Å². The average molecular weight is 440 g/mol. The quantitative estimate of drug-likeness (QED) is 0.498. The van der Waals surface area contributed by atoms with Crippen LogP contribution in [0.2, 0.25) is 0 Å². The highest BCUT2D eigenvalue weighted by molar-refractivity contribution is 7.13. The van der Waals surface area contributed by atoms with E-state index in [9.17, 15) is 4.79 Å². The van der Waals surface area contributed by atoms with E-state index in [2.05, 4.69) is 15.3 Å². The van der Waals surface area contributed by atoms with Crippen molar-refractivity contribution in [3.8, 4) is 27.7 Å². The number of methoxy groups -OCH3 is 2. The monoisotopic (exact) mass is 439 g/mol. The summed E-state index contributed by atoms with van der Waals surface area (Å²) < 4.78 is 12.6. The number of nitrogens with one attached hydrogen (secondary N) is 1. The summed E-state index contributed by atoms with van der Waals surface area (Å²) in [5, 5.41) is 5.87. The molecule has 7 heteroatoms. The average Bonchev–Trinajstić information content (AvgIpc) is 3.43. The lowest BCUT2D eigenvalue weighted by molar-refractivity contribution is 0.0871. The van der Waals surface area contributed by atoms with Crippen LogP contribution in [-0.2, 0) is 4.74 Å². The van der Waals surface area contributed by atoms with Crippen LogP contribution in [0.3, 0.4) is 0 Å². The molecule has 2 heterocycles. The predicted molar refractivity (Wildman–Crippen MR) is 124 cm³/mol. The van der Waals surface area contributed by atoms with Crippen LogP contribution in [0, 0.1) is 6.92 Å². The molecule has 1 N–H and O–H groups in total. The zero-order chi connectivity index (χ0) is 21.8. The summed E-state index contributed by atoms with van der Waals surface area (Å²) in [6, 6.07) is 10.3. The molecular weight excluding hydrogens is 410 g/mol. The number of carbonyl (C=O) groups is 1. The highest BCUT2D eigenvalue weighted by atomic mass is 32.1. The van der Waals surface area contributed by atoms with Gasteiger partial charge >= 0.3 is 0 Å². The van der Waals surface area contributed by atoms with E-state index in [4.69, 9.17) is 14.5 Å². The van der Waals surface area contributed by atoms with E-state index >= 15 is 0 Å². The van der Waals surface area contributed by atoms with Gasteiger partial charge in [-0.05, 0) is 50.1 Å². The van der Waals surface area contributed by atoms with Crippen LogP contribution in [0.4, 0.5) is 0 Å². The van der Waals surface area contributed by atoms with Crippen LogP contribution < -0.4 is 10.1 Å². The first-order chi connectivity index (χ1) is 15.1. The van der Waals surface area contributed by atoms with Crippen LogP contribution in [-0.4, -0.2) is 36.4 Å². The first kappa shape index (κ1) is 21.6. The van der Waals surface area contributed by atoms with E-state index < -0.39 is 0 Å². The number of thiazole rings is 1. The van der Waals surface area contributed by atoms with Gasteiger partial charge < -0.3 is 19.4 Å². The molecule has 3 aromatic rings. The summed E-state index contributed by atoms with van der Waals surface area (Å²) in [6.45, 7) is 2.23. The van der Waals surface area contributed by atoms with E-state index in [-0.39, 0.29) is 12.6 Å². The van der Waals surface area contributed by atoms with Crippen molar-refractivity contribution in [3.05, 3.63) is 47.0 Å². The van der Waals surface area contributed by atoms with Gasteiger partial charge in [-0.15, -0.1) is 11.3 Å². The Morgan fingerprint density at radius 1 is 1.19 bits per heavy atom. The van der Waals surface area contributed by atoms with Gasteiger partial charge in [-0.25, -0.2) is 4.98 Å². The number of hydrogen-bond acceptors (Lipinski definition) is 5. The third-order valence-corrected chi connectivity index (χ3v) is 6.85. The second kappa shape index (κ2) is 9.66. The normalized spacial score (nSPS) is 14.5. The van der Waals surface area contributed by atoms with E-state index in [1.54, 1.807) is 25.6 Å². The molecule has 1 saturated carbocycles. The number of amides is 1. The summed E-state index contributed by atoms with van der Waals surface area (Å²) in [5.74, 6) is 0.717. The number of hydrogen-bond donors (Lipinski definition) is 1. The van der Waals surface area contributed by atoms with E-state index in [0.29, 0.717) is 11.6 Å². The highest BCUT2D eigenvalue weighted by Gasteiger charge is 2.26. The Hall–Kier alpha value is -2.64. The summed E-state index contributed by atoms with van der Waals surface area (Å²) >= 11 is 1.62. The molecule has 4 rings (SSSR count). The summed E-state index contributed by atoms with van der Waals surface area (Å²) in [5.41, 5.74) is 4.67. The summed E-state index contributed by atoms with van der Waals surface area (Å²) in [6.07, 6.45) is 6.00. The maximum atomic E-state index is 12.8. The standard InChI is InChI=1S/C24H29N3O3S/c1-16-20(23(28)25-15-29-2)13-22(27(16)18-7-5-4-6-8-18)21-14-31-24(26-21)17-9-11-19(30-3)12-10-17/h9-14,18H,4-8,15H2,1-3H3,(H,25,28). The molecule has 1 aromatic carbocycles. The molecule has 6 nitrogen and oxygen atoms in total. The van der Waals surface area contributed by atoms with Crippen LogP contribution in [0.25, 0.3) is 22.0 Å². The van der Waals surface area contributed by atoms with E-state index in [1.807, 2.05) is 37.3 Å². The smallest absolute Gasteiger partial charge is 0.254 e. The van der Waals surface area contributed by atoms with Gasteiger partial charge in [-0.3, -0.25) is 4.79 Å². The molecule has 2 aromatic heterocycles. The van der Waals surface area contributed by atoms with Crippen molar-refractivity contribution in [3.63, 3.8) is 0 Å². The van der Waals surface area contributed by atoms with Crippen molar-refractivity contribution >= 4 is 17.2 Å². The molecule has 0 aliphatic heterocycles.